The second-order valence-electron chi connectivity index (χ2n) is 10.8. The number of ether oxygens (including phenoxy) is 6. The third-order valence-corrected chi connectivity index (χ3v) is 7.86. The zero-order valence-corrected chi connectivity index (χ0v) is 24.1. The minimum absolute atomic E-state index is 0.0432. The highest BCUT2D eigenvalue weighted by atomic mass is 16.7. The maximum atomic E-state index is 12.7. The Morgan fingerprint density at radius 1 is 0.976 bits per heavy atom. The molecular weight excluding hydrogens is 538 g/mol. The summed E-state index contributed by atoms with van der Waals surface area (Å²) in [5.41, 5.74) is 1.81. The first-order valence-electron chi connectivity index (χ1n) is 14.0. The Morgan fingerprint density at radius 2 is 1.63 bits per heavy atom. The lowest BCUT2D eigenvalue weighted by atomic mass is 9.75. The van der Waals surface area contributed by atoms with Crippen molar-refractivity contribution < 1.29 is 52.7 Å². The second-order valence-corrected chi connectivity index (χ2v) is 10.8. The Hall–Kier alpha value is -3.38. The molecule has 0 radical (unpaired) electrons. The number of esters is 4. The van der Waals surface area contributed by atoms with Crippen LogP contribution in [0, 0.1) is 5.92 Å². The monoisotopic (exact) mass is 577 g/mol. The Bertz CT molecular complexity index is 1150. The molecule has 0 saturated carbocycles. The molecule has 41 heavy (non-hydrogen) atoms. The molecule has 1 N–H and O–H groups in total. The molecule has 12 heteroatoms. The summed E-state index contributed by atoms with van der Waals surface area (Å²) < 4.78 is 32.8. The summed E-state index contributed by atoms with van der Waals surface area (Å²) >= 11 is 0. The van der Waals surface area contributed by atoms with Crippen molar-refractivity contribution in [2.75, 3.05) is 20.2 Å². The van der Waals surface area contributed by atoms with Crippen molar-refractivity contribution in [2.45, 2.75) is 96.5 Å². The van der Waals surface area contributed by atoms with E-state index in [1.807, 2.05) is 6.07 Å². The van der Waals surface area contributed by atoms with Crippen LogP contribution in [0.2, 0.25) is 0 Å². The Morgan fingerprint density at radius 3 is 2.27 bits per heavy atom. The maximum absolute atomic E-state index is 12.7. The summed E-state index contributed by atoms with van der Waals surface area (Å²) in [5, 5.41) is 11.3. The van der Waals surface area contributed by atoms with E-state index >= 15 is 0 Å². The highest BCUT2D eigenvalue weighted by Crippen LogP contribution is 2.43. The molecule has 226 valence electrons. The van der Waals surface area contributed by atoms with Gasteiger partial charge in [0.05, 0.1) is 7.11 Å². The summed E-state index contributed by atoms with van der Waals surface area (Å²) in [7, 11) is 1.11. The van der Waals surface area contributed by atoms with Gasteiger partial charge in [0.2, 0.25) is 12.4 Å². The smallest absolute Gasteiger partial charge is 0.339 e. The van der Waals surface area contributed by atoms with Crippen LogP contribution in [0.3, 0.4) is 0 Å². The molecule has 1 aromatic rings. The van der Waals surface area contributed by atoms with Gasteiger partial charge in [-0.3, -0.25) is 19.3 Å². The molecule has 0 unspecified atom stereocenters. The average Bonchev–Trinajstić information content (AvgIpc) is 2.91. The van der Waals surface area contributed by atoms with Gasteiger partial charge < -0.3 is 33.5 Å². The molecular formula is C29H39NO11. The van der Waals surface area contributed by atoms with Crippen molar-refractivity contribution in [1.29, 1.82) is 0 Å². The average molecular weight is 578 g/mol. The zero-order valence-electron chi connectivity index (χ0n) is 24.1. The summed E-state index contributed by atoms with van der Waals surface area (Å²) in [4.78, 5) is 51.2. The highest BCUT2D eigenvalue weighted by Gasteiger charge is 2.56. The van der Waals surface area contributed by atoms with Gasteiger partial charge in [0.25, 0.3) is 0 Å². The molecule has 1 aliphatic carbocycles. The lowest BCUT2D eigenvalue weighted by Crippen LogP contribution is -2.64. The van der Waals surface area contributed by atoms with Crippen molar-refractivity contribution in [3.05, 3.63) is 23.3 Å². The summed E-state index contributed by atoms with van der Waals surface area (Å²) in [5.74, 6) is -2.91. The number of nitrogens with zero attached hydrogens (tertiary/aromatic N) is 1. The quantitative estimate of drug-likeness (QED) is 0.356. The van der Waals surface area contributed by atoms with Crippen molar-refractivity contribution in [2.24, 2.45) is 5.92 Å². The zero-order chi connectivity index (χ0) is 29.8. The fraction of sp³-hybridized carbons (Fsp3) is 0.655. The third kappa shape index (κ3) is 6.75. The molecule has 2 saturated heterocycles. The maximum Gasteiger partial charge on any atom is 0.339 e. The largest absolute Gasteiger partial charge is 0.504 e. The number of phenols is 1. The van der Waals surface area contributed by atoms with E-state index in [1.54, 1.807) is 6.07 Å². The van der Waals surface area contributed by atoms with Gasteiger partial charge in [-0.25, -0.2) is 4.79 Å². The van der Waals surface area contributed by atoms with Gasteiger partial charge in [-0.1, -0.05) is 13.0 Å². The van der Waals surface area contributed by atoms with E-state index in [4.69, 9.17) is 28.4 Å². The third-order valence-electron chi connectivity index (χ3n) is 7.86. The molecule has 0 bridgehead atoms. The Labute approximate surface area is 239 Å². The number of hydrogen-bond acceptors (Lipinski definition) is 12. The molecule has 2 fully saturated rings. The van der Waals surface area contributed by atoms with E-state index in [9.17, 15) is 24.3 Å². The van der Waals surface area contributed by atoms with Gasteiger partial charge >= 0.3 is 23.9 Å². The number of aromatic hydroxyl groups is 1. The van der Waals surface area contributed by atoms with Crippen LogP contribution in [0.1, 0.15) is 58.1 Å². The summed E-state index contributed by atoms with van der Waals surface area (Å²) in [6.07, 6.45) is -2.81. The SMILES string of the molecule is CCCN1CCC[C@@H]2Cc3c(ccc(O[C@@H]4O[C@H](C(=O)OC)[C@@H](OC(C)=O)[C@H](OC(C)=O)[C@H]4OC(C)=O)c3O)C[C@H]21. The van der Waals surface area contributed by atoms with E-state index in [0.29, 0.717) is 18.4 Å². The van der Waals surface area contributed by atoms with Crippen LogP contribution < -0.4 is 4.74 Å². The molecule has 2 heterocycles. The normalized spacial score (nSPS) is 29.3. The number of benzene rings is 1. The van der Waals surface area contributed by atoms with Crippen LogP contribution >= 0.6 is 0 Å². The molecule has 12 nitrogen and oxygen atoms in total. The number of carbonyl (C=O) groups is 4. The van der Waals surface area contributed by atoms with Gasteiger partial charge in [-0.15, -0.1) is 0 Å². The van der Waals surface area contributed by atoms with E-state index in [2.05, 4.69) is 11.8 Å². The summed E-state index contributed by atoms with van der Waals surface area (Å²) in [6, 6.07) is 3.91. The van der Waals surface area contributed by atoms with Crippen LogP contribution in [-0.4, -0.2) is 90.8 Å². The molecule has 1 aromatic carbocycles. The van der Waals surface area contributed by atoms with Gasteiger partial charge in [-0.2, -0.15) is 0 Å². The minimum atomic E-state index is -1.59. The number of likely N-dealkylation sites (tertiary alicyclic amines) is 1. The number of rotatable bonds is 8. The molecule has 0 aromatic heterocycles. The topological polar surface area (TPSA) is 147 Å². The Kier molecular flexibility index (Phi) is 9.75. The van der Waals surface area contributed by atoms with Crippen molar-refractivity contribution in [3.8, 4) is 11.5 Å². The van der Waals surface area contributed by atoms with Crippen molar-refractivity contribution in [3.63, 3.8) is 0 Å². The lowest BCUT2D eigenvalue weighted by Gasteiger charge is -2.45. The van der Waals surface area contributed by atoms with E-state index in [0.717, 1.165) is 77.8 Å². The minimum Gasteiger partial charge on any atom is -0.504 e. The number of methoxy groups -OCH3 is 1. The molecule has 4 rings (SSSR count). The van der Waals surface area contributed by atoms with Crippen molar-refractivity contribution >= 4 is 23.9 Å². The fourth-order valence-corrected chi connectivity index (χ4v) is 6.27. The van der Waals surface area contributed by atoms with Crippen molar-refractivity contribution in [1.82, 2.24) is 4.90 Å². The molecule has 3 aliphatic rings. The second kappa shape index (κ2) is 13.1. The van der Waals surface area contributed by atoms with Gasteiger partial charge in [0, 0.05) is 32.4 Å². The first-order valence-corrected chi connectivity index (χ1v) is 14.0. The van der Waals surface area contributed by atoms with Crippen LogP contribution in [0.25, 0.3) is 0 Å². The summed E-state index contributed by atoms with van der Waals surface area (Å²) in [6.45, 7) is 7.65. The molecule has 0 amide bonds. The van der Waals surface area contributed by atoms with E-state index in [-0.39, 0.29) is 11.5 Å². The van der Waals surface area contributed by atoms with E-state index in [1.165, 1.54) is 0 Å². The number of phenolic OH excluding ortho intramolecular Hbond substituents is 1. The molecule has 7 atom stereocenters. The fourth-order valence-electron chi connectivity index (χ4n) is 6.27. The number of fused-ring (bicyclic) bond motifs is 2. The standard InChI is InChI=1S/C29H39NO11/c1-6-11-30-12-7-8-19-13-20-18(14-21(19)30)9-10-22(23(20)34)40-29-27(39-17(4)33)25(38-16(3)32)24(37-15(2)31)26(41-29)28(35)36-5/h9-10,19,21,24-27,29,34H,6-8,11-14H2,1-5H3/t19-,21-,24+,25+,26+,27-,29-/m1/s1. The van der Waals surface area contributed by atoms with Crippen LogP contribution in [0.5, 0.6) is 11.5 Å². The van der Waals surface area contributed by atoms with Gasteiger partial charge in [-0.05, 0) is 62.7 Å². The molecule has 2 aliphatic heterocycles. The number of hydrogen-bond donors (Lipinski definition) is 1. The first kappa shape index (κ1) is 30.6. The molecule has 0 spiro atoms. The number of piperidine rings is 1. The van der Waals surface area contributed by atoms with Gasteiger partial charge in [0.15, 0.2) is 29.8 Å². The van der Waals surface area contributed by atoms with E-state index < -0.39 is 54.6 Å². The predicted octanol–water partition coefficient (Wildman–Crippen LogP) is 2.05. The predicted molar refractivity (Wildman–Crippen MR) is 142 cm³/mol. The van der Waals surface area contributed by atoms with Crippen LogP contribution in [-0.2, 0) is 55.7 Å². The first-order chi connectivity index (χ1) is 19.5. The van der Waals surface area contributed by atoms with Gasteiger partial charge in [0.1, 0.15) is 0 Å². The van der Waals surface area contributed by atoms with Crippen LogP contribution in [0.15, 0.2) is 12.1 Å². The lowest BCUT2D eigenvalue weighted by molar-refractivity contribution is -0.282. The number of carbonyl (C=O) groups excluding carboxylic acids is 4. The Balaban J connectivity index is 1.67. The highest BCUT2D eigenvalue weighted by molar-refractivity contribution is 5.77. The van der Waals surface area contributed by atoms with Crippen LogP contribution in [0.4, 0.5) is 0 Å².